The van der Waals surface area contributed by atoms with Gasteiger partial charge in [-0.1, -0.05) is 16.8 Å². The number of hydrogen-bond acceptors (Lipinski definition) is 5. The Morgan fingerprint density at radius 2 is 2.25 bits per heavy atom. The van der Waals surface area contributed by atoms with Crippen LogP contribution < -0.4 is 0 Å². The number of rotatable bonds is 3. The smallest absolute Gasteiger partial charge is 0.233 e. The predicted octanol–water partition coefficient (Wildman–Crippen LogP) is 3.51. The number of imidazole rings is 1. The number of nitrogens with zero attached hydrogens (tertiary/aromatic N) is 4. The lowest BCUT2D eigenvalue weighted by Crippen LogP contribution is -2.11. The fourth-order valence-corrected chi connectivity index (χ4v) is 3.17. The van der Waals surface area contributed by atoms with Crippen LogP contribution in [0, 0.1) is 5.82 Å². The average molecular weight is 349 g/mol. The molecule has 8 heteroatoms. The van der Waals surface area contributed by atoms with Gasteiger partial charge in [-0.2, -0.15) is 4.98 Å². The molecular formula is C16H14ClFN4O2. The molecule has 0 saturated carbocycles. The monoisotopic (exact) mass is 348 g/mol. The summed E-state index contributed by atoms with van der Waals surface area (Å²) < 4.78 is 26.3. The summed E-state index contributed by atoms with van der Waals surface area (Å²) in [5, 5.41) is 4.23. The van der Waals surface area contributed by atoms with Crippen molar-refractivity contribution in [1.82, 2.24) is 19.7 Å². The highest BCUT2D eigenvalue weighted by atomic mass is 35.5. The zero-order valence-electron chi connectivity index (χ0n) is 12.8. The fourth-order valence-electron chi connectivity index (χ4n) is 2.91. The van der Waals surface area contributed by atoms with Crippen molar-refractivity contribution in [3.63, 3.8) is 0 Å². The van der Waals surface area contributed by atoms with E-state index in [1.54, 1.807) is 6.20 Å². The minimum absolute atomic E-state index is 0.0772. The molecule has 1 aliphatic rings. The third kappa shape index (κ3) is 2.59. The summed E-state index contributed by atoms with van der Waals surface area (Å²) in [6, 6.07) is 4.07. The Kier molecular flexibility index (Phi) is 3.82. The zero-order valence-corrected chi connectivity index (χ0v) is 13.6. The second kappa shape index (κ2) is 5.99. The number of hydrogen-bond donors (Lipinski definition) is 0. The summed E-state index contributed by atoms with van der Waals surface area (Å²) >= 11 is 6.06. The van der Waals surface area contributed by atoms with Crippen LogP contribution in [0.25, 0.3) is 11.4 Å². The number of halogens is 2. The first-order chi connectivity index (χ1) is 11.6. The molecule has 0 bridgehead atoms. The molecule has 1 aromatic carbocycles. The highest BCUT2D eigenvalue weighted by Crippen LogP contribution is 2.41. The minimum atomic E-state index is -0.411. The van der Waals surface area contributed by atoms with Crippen LogP contribution >= 0.6 is 11.6 Å². The van der Waals surface area contributed by atoms with Gasteiger partial charge in [-0.3, -0.25) is 0 Å². The van der Waals surface area contributed by atoms with Gasteiger partial charge in [0.2, 0.25) is 11.7 Å². The molecule has 4 rings (SSSR count). The molecule has 1 aliphatic heterocycles. The van der Waals surface area contributed by atoms with Gasteiger partial charge in [-0.25, -0.2) is 9.37 Å². The lowest BCUT2D eigenvalue weighted by molar-refractivity contribution is 0.0895. The number of aryl methyl sites for hydroxylation is 1. The number of aromatic nitrogens is 4. The van der Waals surface area contributed by atoms with Crippen molar-refractivity contribution in [3.8, 4) is 11.4 Å². The zero-order chi connectivity index (χ0) is 16.7. The summed E-state index contributed by atoms with van der Waals surface area (Å²) in [7, 11) is 1.92. The molecule has 2 aromatic heterocycles. The van der Waals surface area contributed by atoms with E-state index in [-0.39, 0.29) is 17.0 Å². The highest BCUT2D eigenvalue weighted by molar-refractivity contribution is 6.33. The SMILES string of the molecule is Cn1ccnc1[C@@H]1OCC[C@H]1c1nc(-c2ccc(F)cc2Cl)no1. The average Bonchev–Trinajstić information content (AvgIpc) is 3.25. The van der Waals surface area contributed by atoms with Crippen LogP contribution in [0.4, 0.5) is 4.39 Å². The molecule has 24 heavy (non-hydrogen) atoms. The minimum Gasteiger partial charge on any atom is -0.369 e. The molecule has 0 unspecified atom stereocenters. The topological polar surface area (TPSA) is 66.0 Å². The van der Waals surface area contributed by atoms with Crippen LogP contribution in [0.2, 0.25) is 5.02 Å². The largest absolute Gasteiger partial charge is 0.369 e. The van der Waals surface area contributed by atoms with Crippen molar-refractivity contribution in [2.24, 2.45) is 7.05 Å². The third-order valence-corrected chi connectivity index (χ3v) is 4.45. The predicted molar refractivity (Wildman–Crippen MR) is 84.0 cm³/mol. The van der Waals surface area contributed by atoms with E-state index in [0.717, 1.165) is 12.2 Å². The molecule has 0 aliphatic carbocycles. The first-order valence-electron chi connectivity index (χ1n) is 7.51. The van der Waals surface area contributed by atoms with Crippen molar-refractivity contribution in [1.29, 1.82) is 0 Å². The standard InChI is InChI=1S/C16H14ClFN4O2/c1-22-6-5-19-15(22)13-11(4-7-23-13)16-20-14(21-24-16)10-3-2-9(18)8-12(10)17/h2-3,5-6,8,11,13H,4,7H2,1H3/t11-,13-/m1/s1. The molecule has 0 N–H and O–H groups in total. The summed E-state index contributed by atoms with van der Waals surface area (Å²) in [5.41, 5.74) is 0.528. The number of benzene rings is 1. The van der Waals surface area contributed by atoms with E-state index in [2.05, 4.69) is 15.1 Å². The molecule has 6 nitrogen and oxygen atoms in total. The lowest BCUT2D eigenvalue weighted by atomic mass is 10.0. The Labute approximate surface area is 142 Å². The van der Waals surface area contributed by atoms with Gasteiger partial charge in [0.05, 0.1) is 10.9 Å². The van der Waals surface area contributed by atoms with E-state index < -0.39 is 5.82 Å². The van der Waals surface area contributed by atoms with Gasteiger partial charge >= 0.3 is 0 Å². The quantitative estimate of drug-likeness (QED) is 0.724. The Balaban J connectivity index is 1.66. The van der Waals surface area contributed by atoms with Gasteiger partial charge in [0.25, 0.3) is 0 Å². The second-order valence-corrected chi connectivity index (χ2v) is 6.07. The van der Waals surface area contributed by atoms with Gasteiger partial charge in [0.1, 0.15) is 17.7 Å². The molecule has 124 valence electrons. The first kappa shape index (κ1) is 15.3. The first-order valence-corrected chi connectivity index (χ1v) is 7.89. The van der Waals surface area contributed by atoms with Crippen LogP contribution in [0.3, 0.4) is 0 Å². The van der Waals surface area contributed by atoms with Crippen LogP contribution in [0.5, 0.6) is 0 Å². The Bertz CT molecular complexity index is 879. The molecule has 3 aromatic rings. The van der Waals surface area contributed by atoms with E-state index in [4.69, 9.17) is 20.9 Å². The maximum Gasteiger partial charge on any atom is 0.233 e. The molecule has 0 amide bonds. The maximum atomic E-state index is 13.2. The van der Waals surface area contributed by atoms with E-state index >= 15 is 0 Å². The van der Waals surface area contributed by atoms with E-state index in [0.29, 0.717) is 23.9 Å². The van der Waals surface area contributed by atoms with Crippen molar-refractivity contribution >= 4 is 11.6 Å². The second-order valence-electron chi connectivity index (χ2n) is 5.66. The van der Waals surface area contributed by atoms with Crippen molar-refractivity contribution in [2.45, 2.75) is 18.4 Å². The maximum absolute atomic E-state index is 13.2. The molecular weight excluding hydrogens is 335 g/mol. The summed E-state index contributed by atoms with van der Waals surface area (Å²) in [5.74, 6) is 1.13. The van der Waals surface area contributed by atoms with Crippen molar-refractivity contribution < 1.29 is 13.7 Å². The number of ether oxygens (including phenoxy) is 1. The van der Waals surface area contributed by atoms with Crippen molar-refractivity contribution in [3.05, 3.63) is 53.1 Å². The van der Waals surface area contributed by atoms with E-state index in [9.17, 15) is 4.39 Å². The van der Waals surface area contributed by atoms with E-state index in [1.807, 2.05) is 17.8 Å². The Morgan fingerprint density at radius 1 is 1.38 bits per heavy atom. The normalized spacial score (nSPS) is 20.6. The van der Waals surface area contributed by atoms with Crippen molar-refractivity contribution in [2.75, 3.05) is 6.61 Å². The van der Waals surface area contributed by atoms with Crippen LogP contribution in [0.1, 0.15) is 30.2 Å². The Hall–Kier alpha value is -2.25. The van der Waals surface area contributed by atoms with Crippen LogP contribution in [-0.2, 0) is 11.8 Å². The summed E-state index contributed by atoms with van der Waals surface area (Å²) in [6.07, 6.45) is 4.12. The molecule has 1 saturated heterocycles. The van der Waals surface area contributed by atoms with Crippen LogP contribution in [-0.4, -0.2) is 26.3 Å². The summed E-state index contributed by atoms with van der Waals surface area (Å²) in [4.78, 5) is 8.79. The van der Waals surface area contributed by atoms with E-state index in [1.165, 1.54) is 18.2 Å². The molecule has 1 fully saturated rings. The van der Waals surface area contributed by atoms with Gasteiger partial charge < -0.3 is 13.8 Å². The van der Waals surface area contributed by atoms with Gasteiger partial charge in [0.15, 0.2) is 0 Å². The molecule has 3 heterocycles. The van der Waals surface area contributed by atoms with Gasteiger partial charge in [-0.05, 0) is 24.6 Å². The summed E-state index contributed by atoms with van der Waals surface area (Å²) in [6.45, 7) is 0.594. The Morgan fingerprint density at radius 3 is 3.00 bits per heavy atom. The molecule has 0 spiro atoms. The third-order valence-electron chi connectivity index (χ3n) is 4.14. The van der Waals surface area contributed by atoms with Gasteiger partial charge in [0, 0.05) is 31.6 Å². The highest BCUT2D eigenvalue weighted by Gasteiger charge is 2.37. The van der Waals surface area contributed by atoms with Crippen LogP contribution in [0.15, 0.2) is 35.1 Å². The lowest BCUT2D eigenvalue weighted by Gasteiger charge is -2.14. The van der Waals surface area contributed by atoms with Gasteiger partial charge in [-0.15, -0.1) is 0 Å². The fraction of sp³-hybridized carbons (Fsp3) is 0.312. The molecule has 0 radical (unpaired) electrons. The molecule has 2 atom stereocenters.